The van der Waals surface area contributed by atoms with Gasteiger partial charge in [0.05, 0.1) is 17.3 Å². The Morgan fingerprint density at radius 2 is 2.09 bits per heavy atom. The summed E-state index contributed by atoms with van der Waals surface area (Å²) in [5.41, 5.74) is 9.63. The van der Waals surface area contributed by atoms with Gasteiger partial charge in [0, 0.05) is 26.8 Å². The molecule has 0 spiro atoms. The van der Waals surface area contributed by atoms with Gasteiger partial charge in [-0.25, -0.2) is 4.98 Å². The third-order valence-corrected chi connectivity index (χ3v) is 4.42. The van der Waals surface area contributed by atoms with Gasteiger partial charge in [-0.05, 0) is 30.5 Å². The highest BCUT2D eigenvalue weighted by molar-refractivity contribution is 5.95. The molecular weight excluding hydrogens is 288 g/mol. The largest absolute Gasteiger partial charge is 0.396 e. The lowest BCUT2D eigenvalue weighted by Crippen LogP contribution is -2.39. The Labute approximate surface area is 136 Å². The number of amides is 1. The normalized spacial score (nSPS) is 16.8. The van der Waals surface area contributed by atoms with Crippen LogP contribution < -0.4 is 10.6 Å². The number of benzene rings is 1. The third-order valence-electron chi connectivity index (χ3n) is 4.42. The average molecular weight is 310 g/mol. The van der Waals surface area contributed by atoms with E-state index in [9.17, 15) is 4.79 Å². The molecule has 0 unspecified atom stereocenters. The summed E-state index contributed by atoms with van der Waals surface area (Å²) in [4.78, 5) is 20.9. The molecule has 5 heteroatoms. The highest BCUT2D eigenvalue weighted by Gasteiger charge is 2.28. The van der Waals surface area contributed by atoms with Gasteiger partial charge in [0.25, 0.3) is 5.91 Å². The second kappa shape index (κ2) is 5.91. The van der Waals surface area contributed by atoms with Crippen molar-refractivity contribution < 1.29 is 4.79 Å². The van der Waals surface area contributed by atoms with Crippen LogP contribution in [0.4, 0.5) is 11.5 Å². The molecule has 1 aromatic carbocycles. The number of carbonyl (C=O) groups excluding carboxylic acids is 1. The number of hydrogen-bond donors (Lipinski definition) is 1. The summed E-state index contributed by atoms with van der Waals surface area (Å²) in [6.07, 6.45) is 2.49. The first-order valence-corrected chi connectivity index (χ1v) is 7.80. The van der Waals surface area contributed by atoms with E-state index in [4.69, 9.17) is 5.73 Å². The summed E-state index contributed by atoms with van der Waals surface area (Å²) in [5, 5.41) is 0. The minimum absolute atomic E-state index is 0.0171. The standard InChI is InChI=1S/C18H22N4O/c1-12-15-7-5-4-6-13(15)8-9-22(12)18(23)14-10-16(19)17(20-11-14)21(2)3/h4-7,10-12H,8-9,19H2,1-3H3/t12-/m1/s1. The first-order chi connectivity index (χ1) is 11.0. The molecular formula is C18H22N4O. The molecule has 5 nitrogen and oxygen atoms in total. The number of pyridine rings is 1. The van der Waals surface area contributed by atoms with Gasteiger partial charge in [-0.1, -0.05) is 24.3 Å². The van der Waals surface area contributed by atoms with Crippen LogP contribution in [0.1, 0.15) is 34.5 Å². The monoisotopic (exact) mass is 310 g/mol. The Hall–Kier alpha value is -2.56. The predicted octanol–water partition coefficient (Wildman–Crippen LogP) is 2.49. The Balaban J connectivity index is 1.88. The number of carbonyl (C=O) groups is 1. The highest BCUT2D eigenvalue weighted by atomic mass is 16.2. The molecule has 0 saturated carbocycles. The molecule has 2 aromatic rings. The van der Waals surface area contributed by atoms with E-state index >= 15 is 0 Å². The second-order valence-electron chi connectivity index (χ2n) is 6.15. The van der Waals surface area contributed by atoms with Crippen molar-refractivity contribution in [2.24, 2.45) is 0 Å². The van der Waals surface area contributed by atoms with Crippen molar-refractivity contribution in [3.63, 3.8) is 0 Å². The van der Waals surface area contributed by atoms with Crippen LogP contribution in [0.3, 0.4) is 0 Å². The van der Waals surface area contributed by atoms with Crippen molar-refractivity contribution in [1.82, 2.24) is 9.88 Å². The summed E-state index contributed by atoms with van der Waals surface area (Å²) in [6, 6.07) is 10.1. The van der Waals surface area contributed by atoms with Crippen molar-refractivity contribution >= 4 is 17.4 Å². The number of nitrogens with two attached hydrogens (primary N) is 1. The van der Waals surface area contributed by atoms with Crippen molar-refractivity contribution in [2.45, 2.75) is 19.4 Å². The molecule has 2 heterocycles. The molecule has 2 N–H and O–H groups in total. The minimum Gasteiger partial charge on any atom is -0.396 e. The summed E-state index contributed by atoms with van der Waals surface area (Å²) in [6.45, 7) is 2.78. The topological polar surface area (TPSA) is 62.5 Å². The van der Waals surface area contributed by atoms with E-state index in [0.29, 0.717) is 23.6 Å². The summed E-state index contributed by atoms with van der Waals surface area (Å²) in [5.74, 6) is 0.662. The molecule has 1 aromatic heterocycles. The lowest BCUT2D eigenvalue weighted by atomic mass is 9.93. The summed E-state index contributed by atoms with van der Waals surface area (Å²) < 4.78 is 0. The molecule has 0 saturated heterocycles. The maximum absolute atomic E-state index is 12.9. The van der Waals surface area contributed by atoms with Crippen LogP contribution >= 0.6 is 0 Å². The van der Waals surface area contributed by atoms with Gasteiger partial charge in [-0.3, -0.25) is 4.79 Å². The van der Waals surface area contributed by atoms with Crippen LogP contribution in [0.5, 0.6) is 0 Å². The van der Waals surface area contributed by atoms with Crippen molar-refractivity contribution in [1.29, 1.82) is 0 Å². The van der Waals surface area contributed by atoms with Gasteiger partial charge in [0.2, 0.25) is 0 Å². The molecule has 0 fully saturated rings. The predicted molar refractivity (Wildman–Crippen MR) is 92.6 cm³/mol. The zero-order valence-corrected chi connectivity index (χ0v) is 13.8. The van der Waals surface area contributed by atoms with E-state index in [1.54, 1.807) is 12.3 Å². The quantitative estimate of drug-likeness (QED) is 0.925. The SMILES string of the molecule is C[C@@H]1c2ccccc2CCN1C(=O)c1cnc(N(C)C)c(N)c1. The Bertz CT molecular complexity index is 742. The minimum atomic E-state index is -0.0171. The fourth-order valence-electron chi connectivity index (χ4n) is 3.18. The zero-order valence-electron chi connectivity index (χ0n) is 13.8. The summed E-state index contributed by atoms with van der Waals surface area (Å²) >= 11 is 0. The first-order valence-electron chi connectivity index (χ1n) is 7.80. The van der Waals surface area contributed by atoms with Gasteiger partial charge in [-0.2, -0.15) is 0 Å². The van der Waals surface area contributed by atoms with Crippen LogP contribution in [-0.4, -0.2) is 36.4 Å². The summed E-state index contributed by atoms with van der Waals surface area (Å²) in [7, 11) is 3.76. The van der Waals surface area contributed by atoms with Gasteiger partial charge in [0.15, 0.2) is 5.82 Å². The van der Waals surface area contributed by atoms with E-state index in [2.05, 4.69) is 24.0 Å². The Kier molecular flexibility index (Phi) is 3.94. The van der Waals surface area contributed by atoms with E-state index in [1.807, 2.05) is 36.0 Å². The van der Waals surface area contributed by atoms with Crippen molar-refractivity contribution in [3.8, 4) is 0 Å². The lowest BCUT2D eigenvalue weighted by Gasteiger charge is -2.35. The van der Waals surface area contributed by atoms with Gasteiger partial charge in [0.1, 0.15) is 0 Å². The van der Waals surface area contributed by atoms with Gasteiger partial charge in [-0.15, -0.1) is 0 Å². The molecule has 0 aliphatic carbocycles. The van der Waals surface area contributed by atoms with Crippen LogP contribution in [-0.2, 0) is 6.42 Å². The number of fused-ring (bicyclic) bond motifs is 1. The molecule has 23 heavy (non-hydrogen) atoms. The lowest BCUT2D eigenvalue weighted by molar-refractivity contribution is 0.0677. The fourth-order valence-corrected chi connectivity index (χ4v) is 3.18. The molecule has 3 rings (SSSR count). The highest BCUT2D eigenvalue weighted by Crippen LogP contribution is 2.31. The Morgan fingerprint density at radius 1 is 1.35 bits per heavy atom. The maximum Gasteiger partial charge on any atom is 0.256 e. The zero-order chi connectivity index (χ0) is 16.6. The molecule has 1 amide bonds. The molecule has 0 bridgehead atoms. The molecule has 0 radical (unpaired) electrons. The number of hydrogen-bond acceptors (Lipinski definition) is 4. The second-order valence-corrected chi connectivity index (χ2v) is 6.15. The average Bonchev–Trinajstić information content (AvgIpc) is 2.54. The van der Waals surface area contributed by atoms with Crippen LogP contribution in [0.25, 0.3) is 0 Å². The van der Waals surface area contributed by atoms with Crippen molar-refractivity contribution in [2.75, 3.05) is 31.3 Å². The number of nitrogens with zero attached hydrogens (tertiary/aromatic N) is 3. The fraction of sp³-hybridized carbons (Fsp3) is 0.333. The van der Waals surface area contributed by atoms with Gasteiger partial charge < -0.3 is 15.5 Å². The number of aromatic nitrogens is 1. The van der Waals surface area contributed by atoms with Crippen LogP contribution in [0.2, 0.25) is 0 Å². The smallest absolute Gasteiger partial charge is 0.256 e. The third kappa shape index (κ3) is 2.74. The van der Waals surface area contributed by atoms with E-state index in [0.717, 1.165) is 6.42 Å². The number of nitrogen functional groups attached to an aromatic ring is 1. The molecule has 1 atom stereocenters. The molecule has 1 aliphatic rings. The first kappa shape index (κ1) is 15.3. The Morgan fingerprint density at radius 3 is 2.78 bits per heavy atom. The molecule has 120 valence electrons. The number of anilines is 2. The van der Waals surface area contributed by atoms with Crippen molar-refractivity contribution in [3.05, 3.63) is 53.2 Å². The van der Waals surface area contributed by atoms with Crippen LogP contribution in [0.15, 0.2) is 36.5 Å². The van der Waals surface area contributed by atoms with E-state index in [1.165, 1.54) is 11.1 Å². The molecule has 1 aliphatic heterocycles. The van der Waals surface area contributed by atoms with E-state index < -0.39 is 0 Å². The van der Waals surface area contributed by atoms with Crippen LogP contribution in [0, 0.1) is 0 Å². The van der Waals surface area contributed by atoms with E-state index in [-0.39, 0.29) is 11.9 Å². The number of rotatable bonds is 2. The maximum atomic E-state index is 12.9. The van der Waals surface area contributed by atoms with Gasteiger partial charge >= 0.3 is 0 Å².